The summed E-state index contributed by atoms with van der Waals surface area (Å²) in [5.41, 5.74) is -5.65. The fraction of sp³-hybridized carbons (Fsp3) is 0.619. The summed E-state index contributed by atoms with van der Waals surface area (Å²) in [4.78, 5) is 18.3. The maximum absolute atomic E-state index is 14.7. The summed E-state index contributed by atoms with van der Waals surface area (Å²) >= 11 is -0.279. The minimum atomic E-state index is -4.42. The second kappa shape index (κ2) is 9.31. The molecule has 8 nitrogen and oxygen atoms in total. The molecule has 3 aliphatic rings. The third-order valence-corrected chi connectivity index (χ3v) is 8.91. The molecule has 0 spiro atoms. The summed E-state index contributed by atoms with van der Waals surface area (Å²) in [5, 5.41) is 12.9. The Morgan fingerprint density at radius 1 is 1.17 bits per heavy atom. The number of aromatic nitrogens is 4. The van der Waals surface area contributed by atoms with Crippen molar-refractivity contribution in [3.63, 3.8) is 0 Å². The first-order chi connectivity index (χ1) is 17.0. The van der Waals surface area contributed by atoms with E-state index in [0.29, 0.717) is 44.6 Å². The van der Waals surface area contributed by atoms with Gasteiger partial charge in [0.1, 0.15) is 22.2 Å². The molecule has 15 heteroatoms. The van der Waals surface area contributed by atoms with Crippen LogP contribution in [0, 0.1) is 0 Å². The minimum absolute atomic E-state index is 0.0717. The van der Waals surface area contributed by atoms with Gasteiger partial charge in [-0.1, -0.05) is 0 Å². The van der Waals surface area contributed by atoms with Gasteiger partial charge in [-0.25, -0.2) is 15.0 Å². The Hall–Kier alpha value is -2.13. The van der Waals surface area contributed by atoms with Crippen LogP contribution >= 0.6 is 11.8 Å². The van der Waals surface area contributed by atoms with Crippen molar-refractivity contribution >= 4 is 34.3 Å². The molecule has 2 aliphatic heterocycles. The molecular weight excluding hydrogens is 527 g/mol. The second-order valence-corrected chi connectivity index (χ2v) is 11.8. The maximum atomic E-state index is 14.7. The number of alkyl halides is 5. The van der Waals surface area contributed by atoms with E-state index < -0.39 is 39.2 Å². The number of piperidine rings is 1. The molecule has 196 valence electrons. The van der Waals surface area contributed by atoms with E-state index in [2.05, 4.69) is 25.3 Å². The Kier molecular flexibility index (Phi) is 6.60. The first-order valence-corrected chi connectivity index (χ1v) is 13.5. The van der Waals surface area contributed by atoms with Crippen LogP contribution in [0.4, 0.5) is 33.7 Å². The monoisotopic (exact) mass is 550 g/mol. The number of aliphatic hydroxyl groups excluding tert-OH is 1. The molecule has 2 aromatic heterocycles. The molecular formula is C21H23F5N6O2S2. The molecule has 36 heavy (non-hydrogen) atoms. The lowest BCUT2D eigenvalue weighted by Crippen LogP contribution is -2.49. The fourth-order valence-corrected chi connectivity index (χ4v) is 6.48. The normalized spacial score (nSPS) is 23.3. The van der Waals surface area contributed by atoms with Crippen LogP contribution in [0.1, 0.15) is 49.5 Å². The Balaban J connectivity index is 1.35. The Labute approximate surface area is 210 Å². The number of hydrogen-bond acceptors (Lipinski definition) is 9. The fourth-order valence-electron chi connectivity index (χ4n) is 4.67. The topological polar surface area (TPSA) is 104 Å². The standard InChI is InChI=1S/C21H23F5N6O2S2/c22-20(23)11-36(34)14-15(20)29-18(30-17(14)31-19(10-33)4-1-5-19)32-6-2-12(3-7-32)16-27-8-13(9-28-16)35-21(24,25)26/h8-9,12,33H,1-7,10-11H2,(H,29,30,31)/t36-/m1/s1. The zero-order valence-electron chi connectivity index (χ0n) is 18.9. The van der Waals surface area contributed by atoms with Crippen LogP contribution < -0.4 is 10.2 Å². The van der Waals surface area contributed by atoms with Crippen molar-refractivity contribution in [3.05, 3.63) is 23.9 Å². The first kappa shape index (κ1) is 25.5. The van der Waals surface area contributed by atoms with Gasteiger partial charge in [-0.3, -0.25) is 4.21 Å². The first-order valence-electron chi connectivity index (χ1n) is 11.4. The molecule has 1 atom stereocenters. The molecule has 0 unspecified atom stereocenters. The number of thioether (sulfide) groups is 1. The second-order valence-electron chi connectivity index (χ2n) is 9.25. The van der Waals surface area contributed by atoms with E-state index in [1.807, 2.05) is 0 Å². The van der Waals surface area contributed by atoms with E-state index in [-0.39, 0.29) is 45.8 Å². The Bertz CT molecular complexity index is 1150. The van der Waals surface area contributed by atoms with Crippen LogP contribution in [0.2, 0.25) is 0 Å². The van der Waals surface area contributed by atoms with Gasteiger partial charge in [0.15, 0.2) is 0 Å². The predicted molar refractivity (Wildman–Crippen MR) is 123 cm³/mol. The molecule has 4 heterocycles. The zero-order valence-corrected chi connectivity index (χ0v) is 20.5. The van der Waals surface area contributed by atoms with E-state index in [1.54, 1.807) is 4.90 Å². The van der Waals surface area contributed by atoms with Gasteiger partial charge in [0.2, 0.25) is 5.95 Å². The predicted octanol–water partition coefficient (Wildman–Crippen LogP) is 3.80. The highest BCUT2D eigenvalue weighted by atomic mass is 32.2. The molecule has 0 amide bonds. The molecule has 1 aliphatic carbocycles. The SMILES string of the molecule is O=[S@@]1CC(F)(F)c2nc(N3CCC(c4ncc(SC(F)(F)F)cn4)CC3)nc(NC3(CO)CCC3)c21. The van der Waals surface area contributed by atoms with Crippen molar-refractivity contribution in [2.75, 3.05) is 35.7 Å². The number of aliphatic hydroxyl groups is 1. The van der Waals surface area contributed by atoms with Crippen molar-refractivity contribution in [2.24, 2.45) is 0 Å². The molecule has 0 bridgehead atoms. The van der Waals surface area contributed by atoms with Gasteiger partial charge in [0, 0.05) is 31.4 Å². The van der Waals surface area contributed by atoms with Gasteiger partial charge in [-0.15, -0.1) is 0 Å². The van der Waals surface area contributed by atoms with Gasteiger partial charge in [-0.2, -0.15) is 26.9 Å². The van der Waals surface area contributed by atoms with Crippen LogP contribution in [0.25, 0.3) is 0 Å². The third-order valence-electron chi connectivity index (χ3n) is 6.76. The number of anilines is 2. The quantitative estimate of drug-likeness (QED) is 0.411. The van der Waals surface area contributed by atoms with Crippen LogP contribution in [-0.2, 0) is 16.7 Å². The van der Waals surface area contributed by atoms with Crippen molar-refractivity contribution in [1.29, 1.82) is 0 Å². The smallest absolute Gasteiger partial charge is 0.394 e. The van der Waals surface area contributed by atoms with Gasteiger partial charge in [0.25, 0.3) is 0 Å². The van der Waals surface area contributed by atoms with Crippen LogP contribution in [0.3, 0.4) is 0 Å². The minimum Gasteiger partial charge on any atom is -0.394 e. The van der Waals surface area contributed by atoms with Crippen molar-refractivity contribution in [1.82, 2.24) is 19.9 Å². The van der Waals surface area contributed by atoms with E-state index in [9.17, 15) is 31.3 Å². The van der Waals surface area contributed by atoms with E-state index in [1.165, 1.54) is 0 Å². The number of nitrogens with zero attached hydrogens (tertiary/aromatic N) is 5. The summed E-state index contributed by atoms with van der Waals surface area (Å²) in [6.45, 7) is 0.589. The Morgan fingerprint density at radius 2 is 1.83 bits per heavy atom. The number of hydrogen-bond donors (Lipinski definition) is 2. The van der Waals surface area contributed by atoms with Gasteiger partial charge in [0.05, 0.1) is 33.6 Å². The number of halogens is 5. The molecule has 2 aromatic rings. The zero-order chi connectivity index (χ0) is 25.7. The average molecular weight is 551 g/mol. The summed E-state index contributed by atoms with van der Waals surface area (Å²) in [6.07, 6.45) is 5.51. The molecule has 5 rings (SSSR count). The number of fused-ring (bicyclic) bond motifs is 1. The van der Waals surface area contributed by atoms with Gasteiger partial charge < -0.3 is 15.3 Å². The van der Waals surface area contributed by atoms with E-state index in [4.69, 9.17) is 0 Å². The molecule has 1 saturated carbocycles. The average Bonchev–Trinajstić information content (AvgIpc) is 3.04. The summed E-state index contributed by atoms with van der Waals surface area (Å²) in [5.74, 6) is -3.75. The summed E-state index contributed by atoms with van der Waals surface area (Å²) in [7, 11) is -1.97. The van der Waals surface area contributed by atoms with Gasteiger partial charge in [-0.05, 0) is 43.9 Å². The van der Waals surface area contributed by atoms with Crippen molar-refractivity contribution in [3.8, 4) is 0 Å². The van der Waals surface area contributed by atoms with Crippen LogP contribution in [-0.4, -0.2) is 65.7 Å². The lowest BCUT2D eigenvalue weighted by atomic mass is 9.77. The lowest BCUT2D eigenvalue weighted by Gasteiger charge is -2.42. The highest BCUT2D eigenvalue weighted by molar-refractivity contribution is 8.00. The number of nitrogens with one attached hydrogen (secondary N) is 1. The molecule has 0 aromatic carbocycles. The van der Waals surface area contributed by atoms with Crippen molar-refractivity contribution in [2.45, 2.75) is 64.8 Å². The summed E-state index contributed by atoms with van der Waals surface area (Å²) < 4.78 is 79.5. The maximum Gasteiger partial charge on any atom is 0.446 e. The molecule has 0 radical (unpaired) electrons. The third kappa shape index (κ3) is 5.01. The largest absolute Gasteiger partial charge is 0.446 e. The molecule has 2 fully saturated rings. The van der Waals surface area contributed by atoms with E-state index >= 15 is 0 Å². The molecule has 2 N–H and O–H groups in total. The van der Waals surface area contributed by atoms with E-state index in [0.717, 1.165) is 18.8 Å². The lowest BCUT2D eigenvalue weighted by molar-refractivity contribution is -0.0328. The number of rotatable bonds is 6. The highest BCUT2D eigenvalue weighted by Crippen LogP contribution is 2.45. The molecule has 1 saturated heterocycles. The highest BCUT2D eigenvalue weighted by Gasteiger charge is 2.49. The summed E-state index contributed by atoms with van der Waals surface area (Å²) in [6, 6.07) is 0. The van der Waals surface area contributed by atoms with Crippen molar-refractivity contribution < 1.29 is 31.3 Å². The van der Waals surface area contributed by atoms with Gasteiger partial charge >= 0.3 is 11.4 Å². The Morgan fingerprint density at radius 3 is 2.39 bits per heavy atom. The van der Waals surface area contributed by atoms with Crippen LogP contribution in [0.5, 0.6) is 0 Å². The van der Waals surface area contributed by atoms with Crippen LogP contribution in [0.15, 0.2) is 22.2 Å².